The summed E-state index contributed by atoms with van der Waals surface area (Å²) in [4.78, 5) is 15.0. The molecule has 0 fully saturated rings. The van der Waals surface area contributed by atoms with Crippen LogP contribution in [0.5, 0.6) is 0 Å². The summed E-state index contributed by atoms with van der Waals surface area (Å²) < 4.78 is 5.87. The molecule has 0 spiro atoms. The summed E-state index contributed by atoms with van der Waals surface area (Å²) >= 11 is 5.09. The normalized spacial score (nSPS) is 10.3. The number of nitrogens with zero attached hydrogens (tertiary/aromatic N) is 1. The van der Waals surface area contributed by atoms with Crippen LogP contribution >= 0.6 is 27.3 Å². The minimum atomic E-state index is -0.383. The molecule has 0 bridgehead atoms. The third-order valence-electron chi connectivity index (χ3n) is 2.87. The van der Waals surface area contributed by atoms with E-state index in [1.807, 2.05) is 17.3 Å². The smallest absolute Gasteiger partial charge is 0.340 e. The number of carbonyl (C=O) groups is 1. The Labute approximate surface area is 130 Å². The maximum Gasteiger partial charge on any atom is 0.340 e. The number of carbonyl (C=O) groups excluding carboxylic acids is 1. The minimum Gasteiger partial charge on any atom is -0.465 e. The van der Waals surface area contributed by atoms with Crippen LogP contribution < -0.4 is 10.6 Å². The summed E-state index contributed by atoms with van der Waals surface area (Å²) in [5.74, 6) is -0.383. The maximum absolute atomic E-state index is 11.8. The first-order valence-electron chi connectivity index (χ1n) is 5.93. The van der Waals surface area contributed by atoms with Crippen molar-refractivity contribution in [1.29, 1.82) is 0 Å². The van der Waals surface area contributed by atoms with E-state index >= 15 is 0 Å². The number of benzene rings is 1. The van der Waals surface area contributed by atoms with Crippen molar-refractivity contribution in [3.05, 3.63) is 44.6 Å². The third-order valence-corrected chi connectivity index (χ3v) is 4.55. The molecule has 20 heavy (non-hydrogen) atoms. The van der Waals surface area contributed by atoms with E-state index in [0.29, 0.717) is 23.5 Å². The Morgan fingerprint density at radius 3 is 2.85 bits per heavy atom. The van der Waals surface area contributed by atoms with Crippen molar-refractivity contribution in [3.63, 3.8) is 0 Å². The molecule has 0 atom stereocenters. The number of thiophene rings is 1. The van der Waals surface area contributed by atoms with Crippen LogP contribution in [0, 0.1) is 0 Å². The van der Waals surface area contributed by atoms with E-state index in [-0.39, 0.29) is 5.97 Å². The van der Waals surface area contributed by atoms with Gasteiger partial charge in [-0.15, -0.1) is 11.3 Å². The van der Waals surface area contributed by atoms with E-state index in [2.05, 4.69) is 22.0 Å². The predicted molar refractivity (Wildman–Crippen MR) is 86.3 cm³/mol. The first-order chi connectivity index (χ1) is 9.52. The fourth-order valence-corrected chi connectivity index (χ4v) is 3.52. The number of methoxy groups -OCH3 is 1. The number of hydrogen-bond donors (Lipinski definition) is 1. The van der Waals surface area contributed by atoms with E-state index in [9.17, 15) is 4.79 Å². The van der Waals surface area contributed by atoms with Crippen molar-refractivity contribution in [3.8, 4) is 0 Å². The molecule has 1 aromatic carbocycles. The Morgan fingerprint density at radius 1 is 1.50 bits per heavy atom. The van der Waals surface area contributed by atoms with Gasteiger partial charge in [-0.25, -0.2) is 4.79 Å². The maximum atomic E-state index is 11.8. The molecule has 0 radical (unpaired) electrons. The van der Waals surface area contributed by atoms with Gasteiger partial charge in [-0.1, -0.05) is 6.07 Å². The van der Waals surface area contributed by atoms with Crippen molar-refractivity contribution in [2.45, 2.75) is 6.54 Å². The number of ether oxygens (including phenoxy) is 1. The van der Waals surface area contributed by atoms with Gasteiger partial charge < -0.3 is 15.4 Å². The summed E-state index contributed by atoms with van der Waals surface area (Å²) in [7, 11) is 3.28. The lowest BCUT2D eigenvalue weighted by Crippen LogP contribution is -2.20. The largest absolute Gasteiger partial charge is 0.465 e. The standard InChI is InChI=1S/C14H15BrN2O2S/c1-17(7-10-6-9(15)8-20-10)13-11(14(18)19-2)4-3-5-12(13)16/h3-6,8H,7,16H2,1-2H3. The van der Waals surface area contributed by atoms with Crippen LogP contribution in [-0.4, -0.2) is 20.1 Å². The number of esters is 1. The number of halogens is 1. The molecule has 2 N–H and O–H groups in total. The lowest BCUT2D eigenvalue weighted by Gasteiger charge is -2.22. The second-order valence-corrected chi connectivity index (χ2v) is 6.23. The first-order valence-corrected chi connectivity index (χ1v) is 7.61. The number of nitrogens with two attached hydrogens (primary N) is 1. The molecule has 0 aliphatic carbocycles. The molecule has 0 saturated carbocycles. The summed E-state index contributed by atoms with van der Waals surface area (Å²) in [6, 6.07) is 7.31. The van der Waals surface area contributed by atoms with E-state index in [4.69, 9.17) is 10.5 Å². The molecule has 0 aliphatic heterocycles. The van der Waals surface area contributed by atoms with Gasteiger partial charge in [0, 0.05) is 21.8 Å². The highest BCUT2D eigenvalue weighted by Gasteiger charge is 2.18. The topological polar surface area (TPSA) is 55.6 Å². The van der Waals surface area contributed by atoms with Gasteiger partial charge in [0.1, 0.15) is 0 Å². The van der Waals surface area contributed by atoms with Crippen LogP contribution in [0.2, 0.25) is 0 Å². The first kappa shape index (κ1) is 14.9. The molecule has 0 unspecified atom stereocenters. The second kappa shape index (κ2) is 6.28. The zero-order chi connectivity index (χ0) is 14.7. The molecule has 0 aliphatic rings. The van der Waals surface area contributed by atoms with Gasteiger partial charge in [-0.2, -0.15) is 0 Å². The molecule has 4 nitrogen and oxygen atoms in total. The average molecular weight is 355 g/mol. The molecule has 2 rings (SSSR count). The minimum absolute atomic E-state index is 0.383. The van der Waals surface area contributed by atoms with Crippen LogP contribution in [-0.2, 0) is 11.3 Å². The highest BCUT2D eigenvalue weighted by Crippen LogP contribution is 2.30. The summed E-state index contributed by atoms with van der Waals surface area (Å²) in [6.45, 7) is 0.675. The van der Waals surface area contributed by atoms with Gasteiger partial charge in [0.25, 0.3) is 0 Å². The molecule has 2 aromatic rings. The van der Waals surface area contributed by atoms with Crippen LogP contribution in [0.1, 0.15) is 15.2 Å². The van der Waals surface area contributed by atoms with E-state index in [0.717, 1.165) is 4.47 Å². The van der Waals surface area contributed by atoms with Crippen LogP contribution in [0.3, 0.4) is 0 Å². The molecular formula is C14H15BrN2O2S. The lowest BCUT2D eigenvalue weighted by atomic mass is 10.1. The Kier molecular flexibility index (Phi) is 4.67. The predicted octanol–water partition coefficient (Wildman–Crippen LogP) is 3.52. The fraction of sp³-hybridized carbons (Fsp3) is 0.214. The van der Waals surface area contributed by atoms with Gasteiger partial charge in [0.05, 0.1) is 30.6 Å². The lowest BCUT2D eigenvalue weighted by molar-refractivity contribution is 0.0601. The van der Waals surface area contributed by atoms with Gasteiger partial charge in [-0.3, -0.25) is 0 Å². The number of nitrogen functional groups attached to an aromatic ring is 1. The Morgan fingerprint density at radius 2 is 2.25 bits per heavy atom. The van der Waals surface area contributed by atoms with Gasteiger partial charge in [-0.05, 0) is 34.1 Å². The van der Waals surface area contributed by atoms with E-state index in [1.54, 1.807) is 29.5 Å². The number of para-hydroxylation sites is 1. The van der Waals surface area contributed by atoms with Gasteiger partial charge in [0.2, 0.25) is 0 Å². The zero-order valence-corrected chi connectivity index (χ0v) is 13.6. The zero-order valence-electron chi connectivity index (χ0n) is 11.2. The molecular weight excluding hydrogens is 340 g/mol. The SMILES string of the molecule is COC(=O)c1cccc(N)c1N(C)Cc1cc(Br)cs1. The van der Waals surface area contributed by atoms with Gasteiger partial charge in [0.15, 0.2) is 0 Å². The van der Waals surface area contributed by atoms with Crippen molar-refractivity contribution >= 4 is 44.6 Å². The quantitative estimate of drug-likeness (QED) is 0.674. The van der Waals surface area contributed by atoms with Crippen LogP contribution in [0.15, 0.2) is 34.1 Å². The Bertz CT molecular complexity index is 627. The molecule has 106 valence electrons. The van der Waals surface area contributed by atoms with Crippen molar-refractivity contribution in [1.82, 2.24) is 0 Å². The van der Waals surface area contributed by atoms with Crippen LogP contribution in [0.4, 0.5) is 11.4 Å². The highest BCUT2D eigenvalue weighted by molar-refractivity contribution is 9.10. The molecule has 0 saturated heterocycles. The molecule has 6 heteroatoms. The summed E-state index contributed by atoms with van der Waals surface area (Å²) in [5.41, 5.74) is 7.75. The van der Waals surface area contributed by atoms with Crippen LogP contribution in [0.25, 0.3) is 0 Å². The third kappa shape index (κ3) is 3.13. The monoisotopic (exact) mass is 354 g/mol. The summed E-state index contributed by atoms with van der Waals surface area (Å²) in [5, 5.41) is 2.03. The Hall–Kier alpha value is -1.53. The molecule has 1 aromatic heterocycles. The summed E-state index contributed by atoms with van der Waals surface area (Å²) in [6.07, 6.45) is 0. The fourth-order valence-electron chi connectivity index (χ4n) is 2.01. The van der Waals surface area contributed by atoms with Crippen molar-refractivity contribution in [2.75, 3.05) is 24.8 Å². The number of rotatable bonds is 4. The molecule has 0 amide bonds. The second-order valence-electron chi connectivity index (χ2n) is 4.32. The average Bonchev–Trinajstić information content (AvgIpc) is 2.82. The molecule has 1 heterocycles. The highest BCUT2D eigenvalue weighted by atomic mass is 79.9. The van der Waals surface area contributed by atoms with E-state index in [1.165, 1.54) is 12.0 Å². The number of anilines is 2. The van der Waals surface area contributed by atoms with Gasteiger partial charge >= 0.3 is 5.97 Å². The Balaban J connectivity index is 2.33. The van der Waals surface area contributed by atoms with Crippen molar-refractivity contribution in [2.24, 2.45) is 0 Å². The number of hydrogen-bond acceptors (Lipinski definition) is 5. The van der Waals surface area contributed by atoms with Crippen molar-refractivity contribution < 1.29 is 9.53 Å². The van der Waals surface area contributed by atoms with E-state index < -0.39 is 0 Å².